The number of aromatic nitrogens is 1. The summed E-state index contributed by atoms with van der Waals surface area (Å²) in [6, 6.07) is 10.3. The van der Waals surface area contributed by atoms with E-state index in [9.17, 15) is 0 Å². The van der Waals surface area contributed by atoms with E-state index < -0.39 is 6.04 Å². The molecule has 0 aliphatic heterocycles. The average Bonchev–Trinajstić information content (AvgIpc) is 3.22. The van der Waals surface area contributed by atoms with Gasteiger partial charge in [0.05, 0.1) is 0 Å². The van der Waals surface area contributed by atoms with Gasteiger partial charge < -0.3 is 0 Å². The molecule has 0 saturated carbocycles. The summed E-state index contributed by atoms with van der Waals surface area (Å²) in [6.45, 7) is 12.0. The number of hydrogen-bond donors (Lipinski definition) is 0. The molecule has 0 N–H and O–H groups in total. The molecule has 3 heteroatoms. The molecule has 0 saturated heterocycles. The first-order valence-electron chi connectivity index (χ1n) is 12.1. The van der Waals surface area contributed by atoms with Crippen LogP contribution in [0.1, 0.15) is 18.0 Å². The molecule has 3 aromatic carbocycles. The predicted molar refractivity (Wildman–Crippen MR) is 126 cm³/mol. The quantitative estimate of drug-likeness (QED) is 0.165. The first-order valence-corrected chi connectivity index (χ1v) is 11.3. The molecule has 0 aliphatic rings. The summed E-state index contributed by atoms with van der Waals surface area (Å²) in [5.41, 5.74) is 5.43. The number of pyridine rings is 1. The minimum absolute atomic E-state index is 0.105. The maximum absolute atomic E-state index is 8.56. The summed E-state index contributed by atoms with van der Waals surface area (Å²) in [4.78, 5) is 3.69. The maximum atomic E-state index is 8.56. The zero-order valence-electron chi connectivity index (χ0n) is 21.8. The fourth-order valence-electron chi connectivity index (χ4n) is 3.94. The SMILES string of the molecule is [2H]c1c([2H])c([2H])c(-c2c([N+]#[C-])ccc3c2[se]c2c(-c4cc(C)cc[n+]4C)c(C)ccc23)c([2H])c1[2H]. The molecule has 2 heterocycles. The van der Waals surface area contributed by atoms with Crippen LogP contribution in [0, 0.1) is 20.4 Å². The Hall–Kier alpha value is -3.18. The van der Waals surface area contributed by atoms with Gasteiger partial charge in [0.15, 0.2) is 0 Å². The van der Waals surface area contributed by atoms with E-state index in [1.807, 2.05) is 19.3 Å². The van der Waals surface area contributed by atoms with E-state index in [0.29, 0.717) is 11.3 Å². The topological polar surface area (TPSA) is 8.24 Å². The van der Waals surface area contributed by atoms with Crippen LogP contribution < -0.4 is 4.57 Å². The Kier molecular flexibility index (Phi) is 3.37. The van der Waals surface area contributed by atoms with Gasteiger partial charge in [-0.2, -0.15) is 0 Å². The number of benzene rings is 3. The summed E-state index contributed by atoms with van der Waals surface area (Å²) in [7, 11) is 2.03. The van der Waals surface area contributed by atoms with E-state index in [1.165, 1.54) is 4.26 Å². The fourth-order valence-corrected chi connectivity index (χ4v) is 7.00. The zero-order chi connectivity index (χ0) is 25.2. The molecule has 0 bridgehead atoms. The average molecular weight is 457 g/mol. The Morgan fingerprint density at radius 1 is 0.933 bits per heavy atom. The number of nitrogens with zero attached hydrogens (tertiary/aromatic N) is 2. The van der Waals surface area contributed by atoms with Crippen molar-refractivity contribution in [2.75, 3.05) is 0 Å². The van der Waals surface area contributed by atoms with Crippen LogP contribution in [0.5, 0.6) is 0 Å². The van der Waals surface area contributed by atoms with Crippen molar-refractivity contribution in [3.05, 3.63) is 95.4 Å². The van der Waals surface area contributed by atoms with Gasteiger partial charge in [-0.15, -0.1) is 0 Å². The second-order valence-electron chi connectivity index (χ2n) is 7.38. The van der Waals surface area contributed by atoms with Crippen molar-refractivity contribution in [3.63, 3.8) is 0 Å². The third-order valence-corrected chi connectivity index (χ3v) is 8.06. The van der Waals surface area contributed by atoms with Crippen molar-refractivity contribution in [1.29, 1.82) is 0 Å². The van der Waals surface area contributed by atoms with E-state index in [-0.39, 0.29) is 44.2 Å². The molecule has 0 spiro atoms. The van der Waals surface area contributed by atoms with Crippen molar-refractivity contribution in [2.45, 2.75) is 13.8 Å². The molecule has 2 aromatic heterocycles. The standard InChI is InChI=1S/C27H21N2Se/c1-17-14-15-29(4)23(16-17)24-18(2)10-11-20-21-12-13-22(28-3)25(27(21)30-26(20)24)19-8-6-5-7-9-19/h5-16H,1-2,4H3/q+1/i5D,6D,7D,8D,9D. The van der Waals surface area contributed by atoms with Crippen LogP contribution in [0.4, 0.5) is 5.69 Å². The number of rotatable bonds is 2. The summed E-state index contributed by atoms with van der Waals surface area (Å²) < 4.78 is 45.6. The summed E-state index contributed by atoms with van der Waals surface area (Å²) in [6.07, 6.45) is 2.05. The van der Waals surface area contributed by atoms with E-state index in [0.717, 1.165) is 37.4 Å². The van der Waals surface area contributed by atoms with Gasteiger partial charge in [-0.25, -0.2) is 0 Å². The van der Waals surface area contributed by atoms with E-state index in [1.54, 1.807) is 6.07 Å². The summed E-state index contributed by atoms with van der Waals surface area (Å²) >= 11 is -0.234. The van der Waals surface area contributed by atoms with Gasteiger partial charge in [0, 0.05) is 0 Å². The molecule has 0 aliphatic carbocycles. The van der Waals surface area contributed by atoms with E-state index in [4.69, 9.17) is 13.4 Å². The second-order valence-corrected chi connectivity index (χ2v) is 9.53. The van der Waals surface area contributed by atoms with Crippen molar-refractivity contribution in [3.8, 4) is 22.4 Å². The Balaban J connectivity index is 1.98. The molecule has 0 unspecified atom stereocenters. The first kappa shape index (κ1) is 13.9. The first-order chi connectivity index (χ1) is 16.6. The van der Waals surface area contributed by atoms with E-state index >= 15 is 0 Å². The fraction of sp³-hybridized carbons (Fsp3) is 0.111. The number of aryl methyl sites for hydroxylation is 3. The number of fused-ring (bicyclic) bond motifs is 3. The van der Waals surface area contributed by atoms with Gasteiger partial charge in [-0.3, -0.25) is 0 Å². The van der Waals surface area contributed by atoms with Crippen molar-refractivity contribution < 1.29 is 11.4 Å². The molecule has 5 rings (SSSR count). The summed E-state index contributed by atoms with van der Waals surface area (Å²) in [5.74, 6) is 0. The van der Waals surface area contributed by atoms with Crippen molar-refractivity contribution in [2.24, 2.45) is 7.05 Å². The Morgan fingerprint density at radius 2 is 1.63 bits per heavy atom. The van der Waals surface area contributed by atoms with Gasteiger partial charge >= 0.3 is 190 Å². The molecular formula is C27H21N2Se+. The Bertz CT molecular complexity index is 1720. The van der Waals surface area contributed by atoms with Gasteiger partial charge in [-0.05, 0) is 0 Å². The molecule has 2 nitrogen and oxygen atoms in total. The Labute approximate surface area is 189 Å². The van der Waals surface area contributed by atoms with Gasteiger partial charge in [-0.1, -0.05) is 0 Å². The second kappa shape index (κ2) is 7.26. The van der Waals surface area contributed by atoms with Gasteiger partial charge in [0.2, 0.25) is 0 Å². The van der Waals surface area contributed by atoms with Gasteiger partial charge in [0.25, 0.3) is 0 Å². The molecule has 0 radical (unpaired) electrons. The van der Waals surface area contributed by atoms with Crippen LogP contribution >= 0.6 is 0 Å². The third-order valence-electron chi connectivity index (χ3n) is 5.43. The van der Waals surface area contributed by atoms with Crippen LogP contribution in [0.25, 0.3) is 46.5 Å². The molecule has 30 heavy (non-hydrogen) atoms. The van der Waals surface area contributed by atoms with Crippen molar-refractivity contribution >= 4 is 39.5 Å². The molecule has 0 atom stereocenters. The monoisotopic (exact) mass is 458 g/mol. The van der Waals surface area contributed by atoms with E-state index in [2.05, 4.69) is 47.5 Å². The number of hydrogen-bond acceptors (Lipinski definition) is 0. The molecule has 0 amide bonds. The van der Waals surface area contributed by atoms with Crippen LogP contribution in [0.15, 0.2) is 72.8 Å². The predicted octanol–water partition coefficient (Wildman–Crippen LogP) is 6.38. The van der Waals surface area contributed by atoms with Crippen LogP contribution in [0.2, 0.25) is 0 Å². The summed E-state index contributed by atoms with van der Waals surface area (Å²) in [5, 5.41) is 2.04. The molecule has 144 valence electrons. The van der Waals surface area contributed by atoms with Crippen LogP contribution in [-0.4, -0.2) is 14.5 Å². The minimum atomic E-state index is -0.431. The van der Waals surface area contributed by atoms with Crippen LogP contribution in [-0.2, 0) is 7.05 Å². The van der Waals surface area contributed by atoms with Crippen molar-refractivity contribution in [1.82, 2.24) is 0 Å². The molecule has 5 aromatic rings. The third kappa shape index (κ3) is 2.89. The van der Waals surface area contributed by atoms with Gasteiger partial charge in [0.1, 0.15) is 0 Å². The molecule has 0 fully saturated rings. The molecular weight excluding hydrogens is 431 g/mol. The zero-order valence-corrected chi connectivity index (χ0v) is 18.6. The normalized spacial score (nSPS) is 13.5. The Morgan fingerprint density at radius 3 is 2.37 bits per heavy atom. The van der Waals surface area contributed by atoms with Crippen LogP contribution in [0.3, 0.4) is 0 Å².